The summed E-state index contributed by atoms with van der Waals surface area (Å²) in [5, 5.41) is 21.2. The van der Waals surface area contributed by atoms with E-state index in [1.54, 1.807) is 18.2 Å². The first-order valence-corrected chi connectivity index (χ1v) is 5.29. The number of hydrogen-bond donors (Lipinski definition) is 4. The normalized spacial score (nSPS) is 10.8. The number of hydrazone groups is 1. The lowest BCUT2D eigenvalue weighted by Gasteiger charge is -2.06. The highest BCUT2D eigenvalue weighted by atomic mass is 16.7. The molecule has 0 spiro atoms. The van der Waals surface area contributed by atoms with Crippen molar-refractivity contribution in [3.8, 4) is 5.75 Å². The Morgan fingerprint density at radius 2 is 2.11 bits per heavy atom. The zero-order valence-corrected chi connectivity index (χ0v) is 9.87. The molecule has 0 aromatic heterocycles. The molecule has 102 valence electrons. The van der Waals surface area contributed by atoms with Crippen molar-refractivity contribution >= 4 is 11.9 Å². The Kier molecular flexibility index (Phi) is 5.08. The predicted octanol–water partition coefficient (Wildman–Crippen LogP) is -0.548. The summed E-state index contributed by atoms with van der Waals surface area (Å²) in [5.74, 6) is -0.858. The Morgan fingerprint density at radius 1 is 1.42 bits per heavy atom. The molecule has 0 radical (unpaired) electrons. The van der Waals surface area contributed by atoms with Crippen molar-refractivity contribution in [1.82, 2.24) is 10.9 Å². The molecule has 0 aliphatic heterocycles. The third-order valence-corrected chi connectivity index (χ3v) is 2.13. The van der Waals surface area contributed by atoms with E-state index in [1.165, 1.54) is 6.07 Å². The number of nitrogens with two attached hydrogens (primary N) is 1. The highest BCUT2D eigenvalue weighted by Crippen LogP contribution is 2.16. The number of nitrogens with zero attached hydrogens (tertiary/aromatic N) is 2. The number of nitrogens with one attached hydrogen (secondary N) is 2. The van der Waals surface area contributed by atoms with E-state index >= 15 is 0 Å². The standard InChI is InChI=1S/C10H13N5O4/c11-10(14-15(18)19)13-12-9(17)6-5-7-3-1-2-4-8(7)16/h1-4,16H,5-6H2,(H,12,17)(H3,11,13,14). The molecule has 9 heteroatoms. The van der Waals surface area contributed by atoms with Crippen LogP contribution in [-0.4, -0.2) is 22.0 Å². The van der Waals surface area contributed by atoms with Crippen molar-refractivity contribution < 1.29 is 14.9 Å². The topological polar surface area (TPSA) is 143 Å². The number of carbonyl (C=O) groups excluding carboxylic acids is 1. The molecule has 0 aliphatic rings. The van der Waals surface area contributed by atoms with E-state index in [0.29, 0.717) is 12.0 Å². The lowest BCUT2D eigenvalue weighted by atomic mass is 10.1. The minimum absolute atomic E-state index is 0.0797. The van der Waals surface area contributed by atoms with Gasteiger partial charge in [-0.15, -0.1) is 0 Å². The molecule has 5 N–H and O–H groups in total. The smallest absolute Gasteiger partial charge is 0.284 e. The first-order valence-electron chi connectivity index (χ1n) is 5.29. The van der Waals surface area contributed by atoms with Crippen LogP contribution in [0.1, 0.15) is 12.0 Å². The average molecular weight is 267 g/mol. The third kappa shape index (κ3) is 5.35. The van der Waals surface area contributed by atoms with Gasteiger partial charge >= 0.3 is 0 Å². The quantitative estimate of drug-likeness (QED) is 0.249. The molecule has 0 saturated carbocycles. The SMILES string of the molecule is NC(=N[N+](=O)[O-])NNC(=O)CCc1ccccc1O. The Bertz CT molecular complexity index is 502. The number of para-hydroxylation sites is 1. The zero-order chi connectivity index (χ0) is 14.3. The zero-order valence-electron chi connectivity index (χ0n) is 9.87. The summed E-state index contributed by atoms with van der Waals surface area (Å²) < 4.78 is 0. The number of benzene rings is 1. The Balaban J connectivity index is 2.37. The number of carbonyl (C=O) groups is 1. The Morgan fingerprint density at radius 3 is 2.74 bits per heavy atom. The van der Waals surface area contributed by atoms with Crippen molar-refractivity contribution in [3.63, 3.8) is 0 Å². The number of hydrogen-bond acceptors (Lipinski definition) is 4. The number of rotatable bonds is 4. The van der Waals surface area contributed by atoms with E-state index < -0.39 is 16.9 Å². The molecule has 0 fully saturated rings. The molecule has 1 aromatic carbocycles. The highest BCUT2D eigenvalue weighted by Gasteiger charge is 2.06. The van der Waals surface area contributed by atoms with Crippen molar-refractivity contribution in [1.29, 1.82) is 0 Å². The van der Waals surface area contributed by atoms with Crippen molar-refractivity contribution in [2.45, 2.75) is 12.8 Å². The van der Waals surface area contributed by atoms with Crippen molar-refractivity contribution in [2.24, 2.45) is 10.8 Å². The molecule has 19 heavy (non-hydrogen) atoms. The van der Waals surface area contributed by atoms with Gasteiger partial charge in [0.2, 0.25) is 5.91 Å². The summed E-state index contributed by atoms with van der Waals surface area (Å²) in [6.45, 7) is 0. The number of phenols is 1. The van der Waals surface area contributed by atoms with E-state index in [0.717, 1.165) is 0 Å². The molecular formula is C10H13N5O4. The number of amides is 1. The highest BCUT2D eigenvalue weighted by molar-refractivity contribution is 5.82. The van der Waals surface area contributed by atoms with Gasteiger partial charge < -0.3 is 10.8 Å². The maximum atomic E-state index is 11.4. The fourth-order valence-electron chi connectivity index (χ4n) is 1.28. The number of hydrazine groups is 1. The maximum Gasteiger partial charge on any atom is 0.284 e. The molecule has 0 heterocycles. The fourth-order valence-corrected chi connectivity index (χ4v) is 1.28. The number of guanidine groups is 1. The van der Waals surface area contributed by atoms with E-state index in [-0.39, 0.29) is 12.2 Å². The summed E-state index contributed by atoms with van der Waals surface area (Å²) in [7, 11) is 0. The second kappa shape index (κ2) is 6.79. The van der Waals surface area contributed by atoms with Crippen molar-refractivity contribution in [3.05, 3.63) is 39.9 Å². The molecule has 9 nitrogen and oxygen atoms in total. The van der Waals surface area contributed by atoms with Crippen LogP contribution >= 0.6 is 0 Å². The minimum Gasteiger partial charge on any atom is -0.508 e. The van der Waals surface area contributed by atoms with Crippen molar-refractivity contribution in [2.75, 3.05) is 0 Å². The van der Waals surface area contributed by atoms with Gasteiger partial charge in [0.25, 0.3) is 5.96 Å². The van der Waals surface area contributed by atoms with Crippen LogP contribution in [0.4, 0.5) is 0 Å². The van der Waals surface area contributed by atoms with Gasteiger partial charge in [-0.1, -0.05) is 18.2 Å². The third-order valence-electron chi connectivity index (χ3n) is 2.13. The van der Waals surface area contributed by atoms with E-state index in [1.807, 2.05) is 0 Å². The largest absolute Gasteiger partial charge is 0.508 e. The fraction of sp³-hybridized carbons (Fsp3) is 0.200. The molecule has 1 amide bonds. The summed E-state index contributed by atoms with van der Waals surface area (Å²) in [6, 6.07) is 6.63. The molecule has 0 atom stereocenters. The van der Waals surface area contributed by atoms with E-state index in [9.17, 15) is 20.0 Å². The molecule has 1 aromatic rings. The second-order valence-electron chi connectivity index (χ2n) is 3.52. The molecule has 1 rings (SSSR count). The van der Waals surface area contributed by atoms with Gasteiger partial charge in [-0.2, -0.15) is 0 Å². The van der Waals surface area contributed by atoms with Crippen LogP contribution in [0.15, 0.2) is 29.4 Å². The van der Waals surface area contributed by atoms with Crippen LogP contribution in [0.5, 0.6) is 5.75 Å². The monoisotopic (exact) mass is 267 g/mol. The van der Waals surface area contributed by atoms with Crippen LogP contribution in [0.3, 0.4) is 0 Å². The lowest BCUT2D eigenvalue weighted by molar-refractivity contribution is -0.485. The van der Waals surface area contributed by atoms with Gasteiger partial charge in [-0.25, -0.2) is 10.1 Å². The average Bonchev–Trinajstić information content (AvgIpc) is 2.34. The molecule has 0 bridgehead atoms. The Hall–Kier alpha value is -2.84. The predicted molar refractivity (Wildman–Crippen MR) is 66.3 cm³/mol. The number of nitro groups is 1. The van der Waals surface area contributed by atoms with Gasteiger partial charge in [-0.05, 0) is 18.1 Å². The number of aryl methyl sites for hydroxylation is 1. The summed E-state index contributed by atoms with van der Waals surface area (Å²) in [6.07, 6.45) is 0.406. The summed E-state index contributed by atoms with van der Waals surface area (Å²) in [5.41, 5.74) is 9.96. The molecule has 0 aliphatic carbocycles. The van der Waals surface area contributed by atoms with Gasteiger partial charge in [0.05, 0.1) is 0 Å². The molecular weight excluding hydrogens is 254 g/mol. The lowest BCUT2D eigenvalue weighted by Crippen LogP contribution is -2.46. The van der Waals surface area contributed by atoms with E-state index in [4.69, 9.17) is 5.73 Å². The van der Waals surface area contributed by atoms with Crippen LogP contribution in [0.25, 0.3) is 0 Å². The number of phenolic OH excluding ortho intramolecular Hbond substituents is 1. The van der Waals surface area contributed by atoms with E-state index in [2.05, 4.69) is 16.0 Å². The van der Waals surface area contributed by atoms with Gasteiger partial charge in [-0.3, -0.25) is 15.6 Å². The summed E-state index contributed by atoms with van der Waals surface area (Å²) >= 11 is 0. The van der Waals surface area contributed by atoms with Gasteiger partial charge in [0.1, 0.15) is 10.9 Å². The first kappa shape index (κ1) is 14.2. The van der Waals surface area contributed by atoms with Crippen LogP contribution in [0, 0.1) is 10.1 Å². The summed E-state index contributed by atoms with van der Waals surface area (Å²) in [4.78, 5) is 21.3. The first-order chi connectivity index (χ1) is 8.99. The van der Waals surface area contributed by atoms with Crippen LogP contribution < -0.4 is 16.6 Å². The molecule has 0 unspecified atom stereocenters. The second-order valence-corrected chi connectivity index (χ2v) is 3.52. The van der Waals surface area contributed by atoms with Gasteiger partial charge in [0.15, 0.2) is 5.03 Å². The number of aromatic hydroxyl groups is 1. The van der Waals surface area contributed by atoms with Gasteiger partial charge in [0, 0.05) is 6.42 Å². The Labute approximate surface area is 108 Å². The van der Waals surface area contributed by atoms with Crippen LogP contribution in [0.2, 0.25) is 0 Å². The molecule has 0 saturated heterocycles. The maximum absolute atomic E-state index is 11.4. The minimum atomic E-state index is -0.990. The van der Waals surface area contributed by atoms with Crippen LogP contribution in [-0.2, 0) is 11.2 Å².